The number of pyridine rings is 1. The molecule has 3 saturated heterocycles. The second-order valence-corrected chi connectivity index (χ2v) is 9.03. The molecule has 4 nitrogen and oxygen atoms in total. The first-order valence-electron chi connectivity index (χ1n) is 8.72. The highest BCUT2D eigenvalue weighted by Crippen LogP contribution is 2.42. The molecule has 0 bridgehead atoms. The third kappa shape index (κ3) is 3.48. The summed E-state index contributed by atoms with van der Waals surface area (Å²) in [5.41, 5.74) is -0.400. The Hall–Kier alpha value is -0.990. The van der Waals surface area contributed by atoms with Gasteiger partial charge in [-0.25, -0.2) is 4.98 Å². The third-order valence-corrected chi connectivity index (χ3v) is 7.65. The quantitative estimate of drug-likeness (QED) is 0.747. The Labute approximate surface area is 148 Å². The van der Waals surface area contributed by atoms with Crippen LogP contribution in [0.25, 0.3) is 0 Å². The molecule has 0 atom stereocenters. The van der Waals surface area contributed by atoms with Crippen molar-refractivity contribution in [3.8, 4) is 0 Å². The van der Waals surface area contributed by atoms with Crippen LogP contribution in [0.15, 0.2) is 18.3 Å². The smallest absolute Gasteiger partial charge is 0.417 e. The van der Waals surface area contributed by atoms with Crippen molar-refractivity contribution in [2.45, 2.75) is 31.5 Å². The summed E-state index contributed by atoms with van der Waals surface area (Å²) in [6.45, 7) is 3.78. The van der Waals surface area contributed by atoms with E-state index in [1.165, 1.54) is 6.07 Å². The first kappa shape index (κ1) is 17.4. The summed E-state index contributed by atoms with van der Waals surface area (Å²) in [5, 5.41) is 0. The zero-order valence-electron chi connectivity index (χ0n) is 14.0. The number of nitrogens with zero attached hydrogens (tertiary/aromatic N) is 3. The van der Waals surface area contributed by atoms with E-state index < -0.39 is 22.9 Å². The topological polar surface area (TPSA) is 42.4 Å². The van der Waals surface area contributed by atoms with E-state index in [1.54, 1.807) is 0 Å². The fourth-order valence-electron chi connectivity index (χ4n) is 4.36. The normalized spacial score (nSPS) is 31.5. The van der Waals surface area contributed by atoms with Crippen LogP contribution >= 0.6 is 0 Å². The van der Waals surface area contributed by atoms with Gasteiger partial charge >= 0.3 is 6.18 Å². The number of aromatic nitrogens is 1. The Morgan fingerprint density at radius 3 is 2.44 bits per heavy atom. The SMILES string of the molecule is [O-][S+]1CC2(CCN(C3CCN(c4ccc(C(F)(F)F)cn4)CC3)C2)C1. The Balaban J connectivity index is 1.31. The average molecular weight is 373 g/mol. The maximum Gasteiger partial charge on any atom is 0.417 e. The van der Waals surface area contributed by atoms with Gasteiger partial charge < -0.3 is 9.45 Å². The molecule has 0 unspecified atom stereocenters. The number of anilines is 1. The van der Waals surface area contributed by atoms with Crippen LogP contribution in [0.5, 0.6) is 0 Å². The van der Waals surface area contributed by atoms with Gasteiger partial charge in [-0.15, -0.1) is 0 Å². The van der Waals surface area contributed by atoms with E-state index in [0.717, 1.165) is 69.2 Å². The average Bonchev–Trinajstić information content (AvgIpc) is 2.99. The molecule has 3 aliphatic heterocycles. The molecular weight excluding hydrogens is 351 g/mol. The molecular formula is C17H22F3N3OS. The Kier molecular flexibility index (Phi) is 4.40. The molecule has 0 radical (unpaired) electrons. The standard InChI is InChI=1S/C17H22F3N3OS/c18-17(19,20)13-1-2-15(21-9-13)22-6-3-14(4-7-22)23-8-5-16(10-23)11-25(24)12-16/h1-2,9,14H,3-8,10-12H2. The molecule has 0 aliphatic carbocycles. The molecule has 3 fully saturated rings. The molecule has 138 valence electrons. The first-order chi connectivity index (χ1) is 11.8. The van der Waals surface area contributed by atoms with Gasteiger partial charge in [-0.05, 0) is 37.9 Å². The largest absolute Gasteiger partial charge is 0.616 e. The molecule has 0 aromatic carbocycles. The number of rotatable bonds is 2. The molecule has 0 amide bonds. The summed E-state index contributed by atoms with van der Waals surface area (Å²) >= 11 is -0.603. The summed E-state index contributed by atoms with van der Waals surface area (Å²) in [6.07, 6.45) is -0.263. The second-order valence-electron chi connectivity index (χ2n) is 7.57. The monoisotopic (exact) mass is 373 g/mol. The van der Waals surface area contributed by atoms with Gasteiger partial charge in [0.2, 0.25) is 0 Å². The highest BCUT2D eigenvalue weighted by molar-refractivity contribution is 7.92. The van der Waals surface area contributed by atoms with Gasteiger partial charge in [0.15, 0.2) is 0 Å². The van der Waals surface area contributed by atoms with Gasteiger partial charge in [0.05, 0.1) is 11.0 Å². The van der Waals surface area contributed by atoms with E-state index >= 15 is 0 Å². The number of alkyl halides is 3. The van der Waals surface area contributed by atoms with Crippen molar-refractivity contribution >= 4 is 17.0 Å². The molecule has 4 heterocycles. The highest BCUT2D eigenvalue weighted by Gasteiger charge is 2.53. The maximum atomic E-state index is 12.6. The lowest BCUT2D eigenvalue weighted by atomic mass is 9.91. The summed E-state index contributed by atoms with van der Waals surface area (Å²) < 4.78 is 49.3. The van der Waals surface area contributed by atoms with Crippen LogP contribution in [0.4, 0.5) is 19.0 Å². The van der Waals surface area contributed by atoms with Crippen LogP contribution in [0, 0.1) is 5.41 Å². The molecule has 8 heteroatoms. The van der Waals surface area contributed by atoms with Crippen LogP contribution in [0.3, 0.4) is 0 Å². The molecule has 0 saturated carbocycles. The summed E-state index contributed by atoms with van der Waals surface area (Å²) in [6, 6.07) is 3.10. The Morgan fingerprint density at radius 2 is 1.88 bits per heavy atom. The van der Waals surface area contributed by atoms with Crippen molar-refractivity contribution in [3.05, 3.63) is 23.9 Å². The zero-order valence-corrected chi connectivity index (χ0v) is 14.8. The molecule has 25 heavy (non-hydrogen) atoms. The molecule has 4 rings (SSSR count). The molecule has 1 aromatic heterocycles. The minimum Gasteiger partial charge on any atom is -0.616 e. The lowest BCUT2D eigenvalue weighted by Gasteiger charge is -2.41. The number of halogens is 3. The van der Waals surface area contributed by atoms with E-state index in [0.29, 0.717) is 17.3 Å². The second kappa shape index (κ2) is 6.32. The minimum atomic E-state index is -4.34. The number of hydrogen-bond donors (Lipinski definition) is 0. The lowest BCUT2D eigenvalue weighted by molar-refractivity contribution is -0.137. The van der Waals surface area contributed by atoms with E-state index in [2.05, 4.69) is 14.8 Å². The van der Waals surface area contributed by atoms with E-state index in [4.69, 9.17) is 0 Å². The Morgan fingerprint density at radius 1 is 1.16 bits per heavy atom. The van der Waals surface area contributed by atoms with E-state index in [-0.39, 0.29) is 0 Å². The molecule has 1 spiro atoms. The fourth-order valence-corrected chi connectivity index (χ4v) is 6.11. The van der Waals surface area contributed by atoms with Gasteiger partial charge in [-0.3, -0.25) is 4.90 Å². The molecule has 0 N–H and O–H groups in total. The van der Waals surface area contributed by atoms with Gasteiger partial charge in [-0.2, -0.15) is 13.2 Å². The van der Waals surface area contributed by atoms with Crippen LogP contribution < -0.4 is 4.90 Å². The molecule has 1 aromatic rings. The third-order valence-electron chi connectivity index (χ3n) is 5.78. The Bertz CT molecular complexity index is 611. The predicted octanol–water partition coefficient (Wildman–Crippen LogP) is 2.52. The van der Waals surface area contributed by atoms with Crippen molar-refractivity contribution in [1.29, 1.82) is 0 Å². The van der Waals surface area contributed by atoms with Gasteiger partial charge in [0.25, 0.3) is 0 Å². The molecule has 3 aliphatic rings. The van der Waals surface area contributed by atoms with Gasteiger partial charge in [0, 0.05) is 31.9 Å². The van der Waals surface area contributed by atoms with Crippen LogP contribution in [0.1, 0.15) is 24.8 Å². The van der Waals surface area contributed by atoms with Crippen molar-refractivity contribution < 1.29 is 17.7 Å². The van der Waals surface area contributed by atoms with Gasteiger partial charge in [0.1, 0.15) is 17.3 Å². The minimum absolute atomic E-state index is 0.303. The van der Waals surface area contributed by atoms with Crippen molar-refractivity contribution in [2.24, 2.45) is 5.41 Å². The van der Waals surface area contributed by atoms with Crippen LogP contribution in [-0.4, -0.2) is 58.2 Å². The van der Waals surface area contributed by atoms with Crippen molar-refractivity contribution in [1.82, 2.24) is 9.88 Å². The summed E-state index contributed by atoms with van der Waals surface area (Å²) in [5.74, 6) is 2.34. The fraction of sp³-hybridized carbons (Fsp3) is 0.706. The number of likely N-dealkylation sites (tertiary alicyclic amines) is 1. The first-order valence-corrected chi connectivity index (χ1v) is 10.2. The highest BCUT2D eigenvalue weighted by atomic mass is 32.2. The number of hydrogen-bond acceptors (Lipinski definition) is 4. The van der Waals surface area contributed by atoms with Crippen LogP contribution in [-0.2, 0) is 17.4 Å². The predicted molar refractivity (Wildman–Crippen MR) is 91.0 cm³/mol. The van der Waals surface area contributed by atoms with E-state index in [9.17, 15) is 17.7 Å². The van der Waals surface area contributed by atoms with Gasteiger partial charge in [-0.1, -0.05) is 11.2 Å². The summed E-state index contributed by atoms with van der Waals surface area (Å²) in [4.78, 5) is 8.61. The maximum absolute atomic E-state index is 12.6. The van der Waals surface area contributed by atoms with E-state index in [1.807, 2.05) is 0 Å². The zero-order chi connectivity index (χ0) is 17.7. The van der Waals surface area contributed by atoms with Crippen molar-refractivity contribution in [3.63, 3.8) is 0 Å². The van der Waals surface area contributed by atoms with Crippen molar-refractivity contribution in [2.75, 3.05) is 42.6 Å². The number of piperidine rings is 1. The lowest BCUT2D eigenvalue weighted by Crippen LogP contribution is -2.52. The summed E-state index contributed by atoms with van der Waals surface area (Å²) in [7, 11) is 0. The van der Waals surface area contributed by atoms with Crippen LogP contribution in [0.2, 0.25) is 0 Å².